The number of halogens is 2. The lowest BCUT2D eigenvalue weighted by molar-refractivity contribution is 0.333. The number of hydrazine groups is 1. The lowest BCUT2D eigenvalue weighted by atomic mass is 10.3. The molecule has 0 radical (unpaired) electrons. The molecule has 0 saturated heterocycles. The van der Waals surface area contributed by atoms with Gasteiger partial charge in [0.25, 0.3) is 0 Å². The molecule has 0 aliphatic carbocycles. The Morgan fingerprint density at radius 3 is 3.10 bits per heavy atom. The predicted molar refractivity (Wildman–Crippen MR) is 89.2 cm³/mol. The number of hydrogen-bond donors (Lipinski definition) is 2. The summed E-state index contributed by atoms with van der Waals surface area (Å²) in [6.07, 6.45) is 3.68. The van der Waals surface area contributed by atoms with Crippen LogP contribution in [-0.4, -0.2) is 28.6 Å². The van der Waals surface area contributed by atoms with Crippen molar-refractivity contribution >= 4 is 56.1 Å². The molecular formula is C12H11BrClN5S. The maximum absolute atomic E-state index is 6.00. The van der Waals surface area contributed by atoms with Crippen molar-refractivity contribution in [1.29, 1.82) is 0 Å². The number of benzene rings is 1. The molecular weight excluding hydrogens is 362 g/mol. The van der Waals surface area contributed by atoms with Crippen LogP contribution in [0.3, 0.4) is 0 Å². The predicted octanol–water partition coefficient (Wildman–Crippen LogP) is 3.22. The van der Waals surface area contributed by atoms with Crippen LogP contribution in [0.25, 0.3) is 0 Å². The van der Waals surface area contributed by atoms with E-state index in [1.54, 1.807) is 0 Å². The molecule has 2 aliphatic heterocycles. The van der Waals surface area contributed by atoms with E-state index in [2.05, 4.69) is 36.7 Å². The summed E-state index contributed by atoms with van der Waals surface area (Å²) >= 11 is 11.0. The first kappa shape index (κ1) is 13.8. The molecule has 0 fully saturated rings. The zero-order valence-corrected chi connectivity index (χ0v) is 13.6. The SMILES string of the molecule is CSC1=NC2C(Br)=CNN2C(Nc2cccc(Cl)c2)=N1. The topological polar surface area (TPSA) is 52.0 Å². The van der Waals surface area contributed by atoms with Crippen LogP contribution in [-0.2, 0) is 0 Å². The summed E-state index contributed by atoms with van der Waals surface area (Å²) in [5.41, 5.74) is 4.00. The van der Waals surface area contributed by atoms with Gasteiger partial charge in [-0.3, -0.25) is 5.43 Å². The zero-order valence-electron chi connectivity index (χ0n) is 10.5. The lowest BCUT2D eigenvalue weighted by Gasteiger charge is -2.29. The summed E-state index contributed by atoms with van der Waals surface area (Å²) < 4.78 is 0.962. The third kappa shape index (κ3) is 2.65. The van der Waals surface area contributed by atoms with E-state index in [0.717, 1.165) is 15.3 Å². The number of nitrogens with one attached hydrogen (secondary N) is 2. The number of thioether (sulfide) groups is 1. The van der Waals surface area contributed by atoms with Gasteiger partial charge in [0.15, 0.2) is 11.3 Å². The molecule has 20 heavy (non-hydrogen) atoms. The van der Waals surface area contributed by atoms with Gasteiger partial charge in [0.1, 0.15) is 0 Å². The molecule has 1 atom stereocenters. The molecule has 0 aromatic heterocycles. The zero-order chi connectivity index (χ0) is 14.1. The molecule has 2 heterocycles. The van der Waals surface area contributed by atoms with Crippen LogP contribution in [0.15, 0.2) is 44.9 Å². The Hall–Kier alpha value is -1.18. The van der Waals surface area contributed by atoms with Crippen LogP contribution in [0.2, 0.25) is 5.02 Å². The van der Waals surface area contributed by atoms with Gasteiger partial charge in [-0.2, -0.15) is 4.99 Å². The summed E-state index contributed by atoms with van der Waals surface area (Å²) in [6, 6.07) is 7.51. The van der Waals surface area contributed by atoms with Gasteiger partial charge < -0.3 is 5.32 Å². The number of rotatable bonds is 1. The van der Waals surface area contributed by atoms with Crippen molar-refractivity contribution in [2.75, 3.05) is 11.6 Å². The number of amidine groups is 1. The molecule has 104 valence electrons. The fraction of sp³-hybridized carbons (Fsp3) is 0.167. The Kier molecular flexibility index (Phi) is 3.91. The minimum atomic E-state index is -0.128. The van der Waals surface area contributed by atoms with E-state index >= 15 is 0 Å². The minimum Gasteiger partial charge on any atom is -0.324 e. The van der Waals surface area contributed by atoms with Crippen molar-refractivity contribution in [1.82, 2.24) is 10.4 Å². The first-order chi connectivity index (χ1) is 9.67. The summed E-state index contributed by atoms with van der Waals surface area (Å²) in [5.74, 6) is 0.683. The Labute approximate surface area is 134 Å². The van der Waals surface area contributed by atoms with Crippen molar-refractivity contribution < 1.29 is 0 Å². The molecule has 1 unspecified atom stereocenters. The second kappa shape index (κ2) is 5.67. The molecule has 3 rings (SSSR count). The Balaban J connectivity index is 1.88. The van der Waals surface area contributed by atoms with E-state index in [1.807, 2.05) is 41.7 Å². The number of guanidine groups is 1. The molecule has 0 amide bonds. The quantitative estimate of drug-likeness (QED) is 0.795. The van der Waals surface area contributed by atoms with Gasteiger partial charge in [-0.1, -0.05) is 29.4 Å². The van der Waals surface area contributed by atoms with Crippen LogP contribution < -0.4 is 10.7 Å². The normalized spacial score (nSPS) is 20.6. The van der Waals surface area contributed by atoms with Gasteiger partial charge in [0.2, 0.25) is 5.96 Å². The number of aliphatic imine (C=N–C) groups is 2. The van der Waals surface area contributed by atoms with E-state index in [1.165, 1.54) is 11.8 Å². The van der Waals surface area contributed by atoms with Crippen LogP contribution in [0.4, 0.5) is 5.69 Å². The Morgan fingerprint density at radius 2 is 2.35 bits per heavy atom. The van der Waals surface area contributed by atoms with Gasteiger partial charge >= 0.3 is 0 Å². The van der Waals surface area contributed by atoms with Gasteiger partial charge in [0, 0.05) is 16.9 Å². The van der Waals surface area contributed by atoms with Gasteiger partial charge in [-0.05, 0) is 40.4 Å². The summed E-state index contributed by atoms with van der Waals surface area (Å²) in [5, 5.41) is 6.51. The van der Waals surface area contributed by atoms with E-state index in [4.69, 9.17) is 11.6 Å². The number of hydrogen-bond acceptors (Lipinski definition) is 6. The molecule has 0 spiro atoms. The van der Waals surface area contributed by atoms with Gasteiger partial charge in [-0.15, -0.1) is 0 Å². The summed E-state index contributed by atoms with van der Waals surface area (Å²) in [7, 11) is 0. The standard InChI is InChI=1S/C12H11BrClN5S/c1-20-12-17-10-9(13)6-15-19(10)11(18-12)16-8-4-2-3-7(14)5-8/h2-6,10,15H,1H3,(H,16,17,18). The van der Waals surface area contributed by atoms with Crippen LogP contribution in [0.5, 0.6) is 0 Å². The van der Waals surface area contributed by atoms with E-state index < -0.39 is 0 Å². The van der Waals surface area contributed by atoms with E-state index in [0.29, 0.717) is 11.0 Å². The third-order valence-corrected chi connectivity index (χ3v) is 4.19. The van der Waals surface area contributed by atoms with Crippen molar-refractivity contribution in [3.8, 4) is 0 Å². The maximum atomic E-state index is 6.00. The fourth-order valence-electron chi connectivity index (χ4n) is 1.86. The first-order valence-corrected chi connectivity index (χ1v) is 8.21. The maximum Gasteiger partial charge on any atom is 0.227 e. The average molecular weight is 373 g/mol. The van der Waals surface area contributed by atoms with Crippen molar-refractivity contribution in [2.45, 2.75) is 6.17 Å². The molecule has 0 bridgehead atoms. The monoisotopic (exact) mass is 371 g/mol. The molecule has 1 aromatic carbocycles. The molecule has 0 saturated carbocycles. The second-order valence-corrected chi connectivity index (χ2v) is 6.21. The fourth-order valence-corrected chi connectivity index (χ4v) is 2.84. The smallest absolute Gasteiger partial charge is 0.227 e. The Morgan fingerprint density at radius 1 is 1.50 bits per heavy atom. The largest absolute Gasteiger partial charge is 0.324 e. The van der Waals surface area contributed by atoms with Crippen LogP contribution in [0.1, 0.15) is 0 Å². The van der Waals surface area contributed by atoms with Crippen LogP contribution >= 0.6 is 39.3 Å². The number of anilines is 1. The highest BCUT2D eigenvalue weighted by Crippen LogP contribution is 2.27. The highest BCUT2D eigenvalue weighted by atomic mass is 79.9. The molecule has 2 aliphatic rings. The summed E-state index contributed by atoms with van der Waals surface area (Å²) in [4.78, 5) is 9.01. The minimum absolute atomic E-state index is 0.128. The highest BCUT2D eigenvalue weighted by Gasteiger charge is 2.32. The number of fused-ring (bicyclic) bond motifs is 1. The molecule has 2 N–H and O–H groups in total. The highest BCUT2D eigenvalue weighted by molar-refractivity contribution is 9.11. The van der Waals surface area contributed by atoms with Crippen molar-refractivity contribution in [3.05, 3.63) is 40.0 Å². The van der Waals surface area contributed by atoms with Crippen molar-refractivity contribution in [2.24, 2.45) is 9.98 Å². The molecule has 5 nitrogen and oxygen atoms in total. The Bertz CT molecular complexity index is 630. The van der Waals surface area contributed by atoms with Gasteiger partial charge in [0.05, 0.1) is 4.48 Å². The van der Waals surface area contributed by atoms with Crippen LogP contribution in [0, 0.1) is 0 Å². The lowest BCUT2D eigenvalue weighted by Crippen LogP contribution is -2.48. The molecule has 1 aromatic rings. The summed E-state index contributed by atoms with van der Waals surface area (Å²) in [6.45, 7) is 0. The van der Waals surface area contributed by atoms with E-state index in [-0.39, 0.29) is 6.17 Å². The number of nitrogens with zero attached hydrogens (tertiary/aromatic N) is 3. The third-order valence-electron chi connectivity index (χ3n) is 2.76. The first-order valence-electron chi connectivity index (χ1n) is 5.81. The second-order valence-electron chi connectivity index (χ2n) is 4.09. The van der Waals surface area contributed by atoms with E-state index in [9.17, 15) is 0 Å². The van der Waals surface area contributed by atoms with Crippen molar-refractivity contribution in [3.63, 3.8) is 0 Å². The average Bonchev–Trinajstić information content (AvgIpc) is 2.81. The molecule has 8 heteroatoms. The van der Waals surface area contributed by atoms with Gasteiger partial charge in [-0.25, -0.2) is 10.0 Å².